The van der Waals surface area contributed by atoms with Gasteiger partial charge in [-0.25, -0.2) is 40.1 Å². The van der Waals surface area contributed by atoms with Gasteiger partial charge in [-0.05, 0) is 141 Å². The van der Waals surface area contributed by atoms with Gasteiger partial charge < -0.3 is 63.2 Å². The largest absolute Gasteiger partial charge is 0.462 e. The van der Waals surface area contributed by atoms with Crippen molar-refractivity contribution in [2.45, 2.75) is 198 Å². The number of nitriles is 1. The Morgan fingerprint density at radius 3 is 1.47 bits per heavy atom. The molecule has 0 saturated heterocycles. The van der Waals surface area contributed by atoms with Gasteiger partial charge >= 0.3 is 31.4 Å². The van der Waals surface area contributed by atoms with Crippen molar-refractivity contribution in [1.82, 2.24) is 49.2 Å². The molecule has 87 heavy (non-hydrogen) atoms. The van der Waals surface area contributed by atoms with Crippen LogP contribution in [-0.2, 0) is 74.3 Å². The molecule has 7 N–H and O–H groups in total. The number of nitrogen functional groups attached to an aromatic ring is 2. The molecule has 5 aromatic rings. The Labute approximate surface area is 509 Å². The van der Waals surface area contributed by atoms with Crippen LogP contribution < -0.4 is 26.2 Å². The van der Waals surface area contributed by atoms with Crippen molar-refractivity contribution in [3.8, 4) is 11.8 Å². The maximum Gasteiger partial charge on any atom is 0.342 e. The number of aliphatic hydroxyl groups is 1. The lowest BCUT2D eigenvalue weighted by Gasteiger charge is -2.31. The number of carbonyl (C=O) groups excluding carboxylic acids is 4. The zero-order chi connectivity index (χ0) is 63.3. The third kappa shape index (κ3) is 21.6. The lowest BCUT2D eigenvalue weighted by atomic mass is 10.1. The number of nitrogens with one attached hydrogen (secondary N) is 2. The molecule has 0 radical (unpaired) electrons. The van der Waals surface area contributed by atoms with Crippen LogP contribution in [0.15, 0.2) is 49.6 Å². The Morgan fingerprint density at radius 2 is 1.07 bits per heavy atom. The number of carbonyl (C=O) groups is 4. The van der Waals surface area contributed by atoms with Gasteiger partial charge in [-0.2, -0.15) is 5.26 Å². The molecule has 30 heteroatoms. The predicted octanol–water partition coefficient (Wildman–Crippen LogP) is 8.25. The molecular weight excluding hydrogens is 1170 g/mol. The molecule has 0 spiro atoms. The van der Waals surface area contributed by atoms with E-state index in [9.17, 15) is 33.6 Å². The summed E-state index contributed by atoms with van der Waals surface area (Å²) in [6.45, 7) is 24.3. The normalized spacial score (nSPS) is 16.0. The first-order valence-corrected chi connectivity index (χ1v) is 31.4. The van der Waals surface area contributed by atoms with Crippen LogP contribution in [0.2, 0.25) is 0 Å². The average molecular weight is 1260 g/mol. The Hall–Kier alpha value is -6.69. The number of rotatable bonds is 28. The Morgan fingerprint density at radius 1 is 0.655 bits per heavy atom. The quantitative estimate of drug-likeness (QED) is 0.0179. The molecule has 2 saturated carbocycles. The van der Waals surface area contributed by atoms with Crippen molar-refractivity contribution >= 4 is 72.9 Å². The molecule has 2 aliphatic rings. The number of aliphatic hydroxyl groups excluding tert-OH is 1. The third-order valence-corrected chi connectivity index (χ3v) is 16.6. The van der Waals surface area contributed by atoms with Gasteiger partial charge in [0, 0.05) is 0 Å². The number of esters is 4. The van der Waals surface area contributed by atoms with Crippen LogP contribution in [0.5, 0.6) is 5.75 Å². The Kier molecular flexibility index (Phi) is 27.0. The van der Waals surface area contributed by atoms with E-state index in [1.54, 1.807) is 123 Å². The van der Waals surface area contributed by atoms with Crippen molar-refractivity contribution in [2.24, 2.45) is 10.8 Å². The number of anilines is 2. The lowest BCUT2D eigenvalue weighted by Crippen LogP contribution is -2.48. The summed E-state index contributed by atoms with van der Waals surface area (Å²) in [5, 5.41) is 23.7. The number of nitrogens with two attached hydrogens (primary N) is 2. The van der Waals surface area contributed by atoms with Crippen LogP contribution >= 0.6 is 15.0 Å². The topological polar surface area (TPSA) is 384 Å². The van der Waals surface area contributed by atoms with Gasteiger partial charge in [0.15, 0.2) is 22.9 Å². The summed E-state index contributed by atoms with van der Waals surface area (Å²) in [6, 6.07) is 8.24. The van der Waals surface area contributed by atoms with Crippen molar-refractivity contribution < 1.29 is 70.9 Å². The molecule has 2 aliphatic carbocycles. The summed E-state index contributed by atoms with van der Waals surface area (Å²) in [7, 11) is -7.66. The Bertz CT molecular complexity index is 3240. The second-order valence-corrected chi connectivity index (χ2v) is 27.3. The first-order chi connectivity index (χ1) is 39.7. The Balaban J connectivity index is 0.000000380. The molecule has 7 rings (SSSR count). The summed E-state index contributed by atoms with van der Waals surface area (Å²) in [4.78, 5) is 73.9. The molecule has 0 bridgehead atoms. The minimum atomic E-state index is -3.84. The van der Waals surface area contributed by atoms with Crippen LogP contribution in [-0.4, -0.2) is 142 Å². The minimum absolute atomic E-state index is 0. The van der Waals surface area contributed by atoms with E-state index < -0.39 is 61.1 Å². The van der Waals surface area contributed by atoms with E-state index in [0.29, 0.717) is 53.8 Å². The van der Waals surface area contributed by atoms with E-state index in [4.69, 9.17) is 54.0 Å². The minimum Gasteiger partial charge on any atom is -0.462 e. The van der Waals surface area contributed by atoms with Crippen LogP contribution in [0.4, 0.5) is 11.6 Å². The average Bonchev–Trinajstić information content (AvgIpc) is 1.99. The number of benzene rings is 1. The molecule has 4 heterocycles. The monoisotopic (exact) mass is 1260 g/mol. The highest BCUT2D eigenvalue weighted by atomic mass is 31.2. The summed E-state index contributed by atoms with van der Waals surface area (Å²) in [6.07, 6.45) is 5.82. The fourth-order valence-corrected chi connectivity index (χ4v) is 11.9. The predicted molar refractivity (Wildman–Crippen MR) is 326 cm³/mol. The number of nitrogens with zero attached hydrogens (tertiary/aromatic N) is 9. The highest BCUT2D eigenvalue weighted by Crippen LogP contribution is 2.53. The molecule has 4 atom stereocenters. The zero-order valence-electron chi connectivity index (χ0n) is 50.9. The molecule has 2 unspecified atom stereocenters. The van der Waals surface area contributed by atoms with Gasteiger partial charge in [0.2, 0.25) is 0 Å². The van der Waals surface area contributed by atoms with Gasteiger partial charge in [-0.15, -0.1) is 0 Å². The second-order valence-electron chi connectivity index (χ2n) is 23.2. The summed E-state index contributed by atoms with van der Waals surface area (Å²) in [5.74, 6) is -1.08. The van der Waals surface area contributed by atoms with Gasteiger partial charge in [-0.3, -0.25) is 28.3 Å². The molecule has 484 valence electrons. The summed E-state index contributed by atoms with van der Waals surface area (Å²) in [5.41, 5.74) is 9.99. The molecule has 0 aliphatic heterocycles. The number of hydrogen-bond acceptors (Lipinski definition) is 24. The zero-order valence-corrected chi connectivity index (χ0v) is 52.7. The van der Waals surface area contributed by atoms with Crippen LogP contribution in [0.1, 0.15) is 143 Å². The van der Waals surface area contributed by atoms with Gasteiger partial charge in [0.1, 0.15) is 53.2 Å². The van der Waals surface area contributed by atoms with E-state index in [0.717, 1.165) is 12.8 Å². The van der Waals surface area contributed by atoms with Crippen molar-refractivity contribution in [3.63, 3.8) is 0 Å². The summed E-state index contributed by atoms with van der Waals surface area (Å²) < 4.78 is 76.0. The number of fused-ring (bicyclic) bond motifs is 2. The molecule has 2 fully saturated rings. The highest BCUT2D eigenvalue weighted by Gasteiger charge is 2.54. The van der Waals surface area contributed by atoms with Gasteiger partial charge in [-0.1, -0.05) is 20.9 Å². The van der Waals surface area contributed by atoms with E-state index >= 15 is 0 Å². The summed E-state index contributed by atoms with van der Waals surface area (Å²) >= 11 is 0. The van der Waals surface area contributed by atoms with Gasteiger partial charge in [0.05, 0.1) is 98.0 Å². The molecule has 28 nitrogen and oxygen atoms in total. The maximum atomic E-state index is 14.0. The van der Waals surface area contributed by atoms with Gasteiger partial charge in [0.25, 0.3) is 7.52 Å². The van der Waals surface area contributed by atoms with Crippen molar-refractivity contribution in [1.29, 1.82) is 5.26 Å². The van der Waals surface area contributed by atoms with E-state index in [1.165, 1.54) is 18.7 Å². The van der Waals surface area contributed by atoms with Crippen molar-refractivity contribution in [3.05, 3.63) is 55.1 Å². The first-order valence-electron chi connectivity index (χ1n) is 27.8. The SMILES string of the molecule is C.C.CC(C)OC(=O)C(C)(C)NP(=O)(CO[C@H](C)Cn1cnc2c(N)ncnc21)Oc1cccc(C#N)c1.CC(C)OC(=O)C1(CO)CC1.CC(C)OC(=O)C1(COP(=O)(CO[C@H](C)Cn2cnc3c(N)ncnc32)NC(C)(C)C(=O)OC(C)C)CC1. The van der Waals surface area contributed by atoms with Crippen LogP contribution in [0.3, 0.4) is 0 Å². The maximum absolute atomic E-state index is 14.0. The fourth-order valence-electron chi connectivity index (χ4n) is 7.86. The third-order valence-electron chi connectivity index (χ3n) is 12.8. The number of imidazole rings is 2. The van der Waals surface area contributed by atoms with Crippen molar-refractivity contribution in [2.75, 3.05) is 37.4 Å². The van der Waals surface area contributed by atoms with E-state index in [2.05, 4.69) is 40.1 Å². The van der Waals surface area contributed by atoms with E-state index in [1.807, 2.05) is 19.9 Å². The second kappa shape index (κ2) is 31.5. The number of ether oxygens (including phenoxy) is 6. The molecule has 1 aromatic carbocycles. The van der Waals surface area contributed by atoms with Crippen LogP contribution in [0.25, 0.3) is 22.3 Å². The van der Waals surface area contributed by atoms with Crippen LogP contribution in [0, 0.1) is 22.2 Å². The molecule has 4 aromatic heterocycles. The molecular formula is C57H91N13O15P2. The standard InChI is InChI=1S/C24H39N6O7P.C23H30N7O5P.C8H14O3.2CH4/c1-15(2)36-21(31)23(6,7)29-38(33,35-11-24(8-9-24)22(32)37-16(3)4)14-34-17(5)10-30-13-28-18-19(25)26-12-27-20(18)30;1-15(2)34-22(31)23(4,5)29-36(32,35-18-8-6-7-17(9-18)10-24)14-33-16(3)11-30-13-28-19-20(25)26-12-27-21(19)30;1-6(2)11-7(10)8(5-9)3-4-8;;/h12-13,15-17H,8-11,14H2,1-7H3,(H,29,33)(H2,25,26,27);6-9,12-13,15-16H,11,14H2,1-5H3,(H,29,32)(H2,25,26,27);6,9H,3-5H2,1-2H3;2*1H4/t17-,38?;16-,36?;;;/m11.../s1. The fraction of sp³-hybridized carbons (Fsp3) is 0.632. The van der Waals surface area contributed by atoms with E-state index in [-0.39, 0.29) is 94.5 Å². The lowest BCUT2D eigenvalue weighted by molar-refractivity contribution is -0.156. The smallest absolute Gasteiger partial charge is 0.342 e. The highest BCUT2D eigenvalue weighted by molar-refractivity contribution is 7.57. The number of hydrogen-bond donors (Lipinski definition) is 5. The molecule has 0 amide bonds. The number of aromatic nitrogens is 8. The first kappa shape index (κ1) is 74.6.